The molecule has 0 saturated carbocycles. The molecule has 0 spiro atoms. The number of nitrogens with one attached hydrogen (secondary N) is 1. The molecule has 2 heterocycles. The molecule has 1 aliphatic rings. The number of benzene rings is 2. The highest BCUT2D eigenvalue weighted by Crippen LogP contribution is 2.25. The molecule has 2 aromatic carbocycles. The molecule has 1 fully saturated rings. The van der Waals surface area contributed by atoms with E-state index in [-0.39, 0.29) is 11.9 Å². The largest absolute Gasteiger partial charge is 0.486 e. The lowest BCUT2D eigenvalue weighted by molar-refractivity contribution is 0.152. The van der Waals surface area contributed by atoms with Crippen LogP contribution in [0.3, 0.4) is 0 Å². The van der Waals surface area contributed by atoms with E-state index in [9.17, 15) is 4.39 Å². The van der Waals surface area contributed by atoms with Crippen LogP contribution in [-0.2, 0) is 13.2 Å². The van der Waals surface area contributed by atoms with Crippen molar-refractivity contribution in [3.05, 3.63) is 82.1 Å². The Balaban J connectivity index is 1.41. The van der Waals surface area contributed by atoms with Gasteiger partial charge in [-0.3, -0.25) is 4.90 Å². The zero-order valence-electron chi connectivity index (χ0n) is 15.0. The van der Waals surface area contributed by atoms with E-state index in [1.165, 1.54) is 6.07 Å². The molecule has 1 aliphatic heterocycles. The van der Waals surface area contributed by atoms with Crippen molar-refractivity contribution < 1.29 is 9.13 Å². The van der Waals surface area contributed by atoms with E-state index in [1.54, 1.807) is 23.5 Å². The van der Waals surface area contributed by atoms with Gasteiger partial charge in [-0.05, 0) is 29.8 Å². The van der Waals surface area contributed by atoms with Gasteiger partial charge in [-0.2, -0.15) is 0 Å². The van der Waals surface area contributed by atoms with Gasteiger partial charge in [0.1, 0.15) is 23.2 Å². The Morgan fingerprint density at radius 1 is 1.19 bits per heavy atom. The Kier molecular flexibility index (Phi) is 5.77. The zero-order chi connectivity index (χ0) is 18.5. The molecule has 0 aliphatic carbocycles. The molecule has 1 N–H and O–H groups in total. The van der Waals surface area contributed by atoms with E-state index in [0.717, 1.165) is 48.2 Å². The summed E-state index contributed by atoms with van der Waals surface area (Å²) in [7, 11) is 0. The second kappa shape index (κ2) is 8.61. The molecular weight excluding hydrogens is 361 g/mol. The Labute approximate surface area is 162 Å². The minimum atomic E-state index is -0.188. The van der Waals surface area contributed by atoms with E-state index in [1.807, 2.05) is 36.4 Å². The number of hydrogen-bond acceptors (Lipinski definition) is 5. The van der Waals surface area contributed by atoms with Gasteiger partial charge in [0.15, 0.2) is 0 Å². The minimum Gasteiger partial charge on any atom is -0.486 e. The van der Waals surface area contributed by atoms with Crippen LogP contribution < -0.4 is 10.1 Å². The van der Waals surface area contributed by atoms with Crippen LogP contribution in [0, 0.1) is 5.82 Å². The molecule has 3 aromatic rings. The number of rotatable bonds is 6. The first kappa shape index (κ1) is 18.1. The summed E-state index contributed by atoms with van der Waals surface area (Å²) in [6, 6.07) is 16.8. The standard InChI is InChI=1S/C21H22FN3OS/c22-17-6-4-5-16(11-17)20-12-23-9-10-25(20)13-18-15-27-21(24-18)14-26-19-7-2-1-3-8-19/h1-8,11,15,20,23H,9-10,12-14H2. The van der Waals surface area contributed by atoms with E-state index in [2.05, 4.69) is 15.6 Å². The van der Waals surface area contributed by atoms with Crippen LogP contribution in [0.25, 0.3) is 0 Å². The van der Waals surface area contributed by atoms with Gasteiger partial charge in [-0.15, -0.1) is 11.3 Å². The van der Waals surface area contributed by atoms with Crippen LogP contribution in [0.4, 0.5) is 4.39 Å². The molecular formula is C21H22FN3OS. The lowest BCUT2D eigenvalue weighted by atomic mass is 10.0. The van der Waals surface area contributed by atoms with Crippen molar-refractivity contribution in [3.8, 4) is 5.75 Å². The van der Waals surface area contributed by atoms with Gasteiger partial charge in [-0.1, -0.05) is 30.3 Å². The first-order chi connectivity index (χ1) is 13.3. The SMILES string of the molecule is Fc1cccc(C2CNCCN2Cc2csc(COc3ccccc3)n2)c1. The summed E-state index contributed by atoms with van der Waals surface area (Å²) in [5.41, 5.74) is 2.04. The molecule has 4 nitrogen and oxygen atoms in total. The Morgan fingerprint density at radius 2 is 2.07 bits per heavy atom. The van der Waals surface area contributed by atoms with Crippen LogP contribution >= 0.6 is 11.3 Å². The molecule has 140 valence electrons. The smallest absolute Gasteiger partial charge is 0.140 e. The first-order valence-electron chi connectivity index (χ1n) is 9.09. The molecule has 0 amide bonds. The fraction of sp³-hybridized carbons (Fsp3) is 0.286. The predicted molar refractivity (Wildman–Crippen MR) is 105 cm³/mol. The van der Waals surface area contributed by atoms with Crippen LogP contribution in [0.5, 0.6) is 5.75 Å². The Morgan fingerprint density at radius 3 is 2.93 bits per heavy atom. The van der Waals surface area contributed by atoms with E-state index in [0.29, 0.717) is 6.61 Å². The number of piperazine rings is 1. The van der Waals surface area contributed by atoms with Crippen molar-refractivity contribution in [1.82, 2.24) is 15.2 Å². The highest BCUT2D eigenvalue weighted by Gasteiger charge is 2.24. The monoisotopic (exact) mass is 383 g/mol. The topological polar surface area (TPSA) is 37.4 Å². The third-order valence-corrected chi connectivity index (χ3v) is 5.53. The molecule has 4 rings (SSSR count). The summed E-state index contributed by atoms with van der Waals surface area (Å²) in [5, 5.41) is 6.47. The number of para-hydroxylation sites is 1. The summed E-state index contributed by atoms with van der Waals surface area (Å²) in [4.78, 5) is 7.09. The number of ether oxygens (including phenoxy) is 1. The minimum absolute atomic E-state index is 0.153. The first-order valence-corrected chi connectivity index (χ1v) is 9.97. The van der Waals surface area contributed by atoms with Gasteiger partial charge < -0.3 is 10.1 Å². The summed E-state index contributed by atoms with van der Waals surface area (Å²) in [5.74, 6) is 0.662. The molecule has 1 saturated heterocycles. The van der Waals surface area contributed by atoms with Crippen LogP contribution in [0.1, 0.15) is 22.3 Å². The van der Waals surface area contributed by atoms with Gasteiger partial charge >= 0.3 is 0 Å². The normalized spacial score (nSPS) is 17.7. The van der Waals surface area contributed by atoms with Gasteiger partial charge in [0, 0.05) is 37.6 Å². The summed E-state index contributed by atoms with van der Waals surface area (Å²) in [6.07, 6.45) is 0. The van der Waals surface area contributed by atoms with E-state index >= 15 is 0 Å². The number of thiazole rings is 1. The molecule has 1 aromatic heterocycles. The third-order valence-electron chi connectivity index (χ3n) is 4.66. The van der Waals surface area contributed by atoms with Gasteiger partial charge in [0.05, 0.1) is 5.69 Å². The lowest BCUT2D eigenvalue weighted by Crippen LogP contribution is -2.45. The number of aromatic nitrogens is 1. The lowest BCUT2D eigenvalue weighted by Gasteiger charge is -2.36. The summed E-state index contributed by atoms with van der Waals surface area (Å²) in [6.45, 7) is 3.89. The highest BCUT2D eigenvalue weighted by molar-refractivity contribution is 7.09. The summed E-state index contributed by atoms with van der Waals surface area (Å²) >= 11 is 1.62. The Bertz CT molecular complexity index is 871. The highest BCUT2D eigenvalue weighted by atomic mass is 32.1. The van der Waals surface area contributed by atoms with Crippen molar-refractivity contribution >= 4 is 11.3 Å². The molecule has 27 heavy (non-hydrogen) atoms. The maximum Gasteiger partial charge on any atom is 0.140 e. The van der Waals surface area contributed by atoms with Crippen molar-refractivity contribution in [1.29, 1.82) is 0 Å². The Hall–Kier alpha value is -2.28. The maximum atomic E-state index is 13.6. The van der Waals surface area contributed by atoms with Crippen LogP contribution in [-0.4, -0.2) is 29.5 Å². The number of halogens is 1. The van der Waals surface area contributed by atoms with Crippen molar-refractivity contribution in [2.45, 2.75) is 19.2 Å². The van der Waals surface area contributed by atoms with Crippen LogP contribution in [0.2, 0.25) is 0 Å². The molecule has 0 bridgehead atoms. The average molecular weight is 383 g/mol. The quantitative estimate of drug-likeness (QED) is 0.698. The second-order valence-electron chi connectivity index (χ2n) is 6.58. The van der Waals surface area contributed by atoms with Crippen molar-refractivity contribution in [3.63, 3.8) is 0 Å². The van der Waals surface area contributed by atoms with Crippen molar-refractivity contribution in [2.75, 3.05) is 19.6 Å². The molecule has 1 atom stereocenters. The van der Waals surface area contributed by atoms with Crippen molar-refractivity contribution in [2.24, 2.45) is 0 Å². The number of hydrogen-bond donors (Lipinski definition) is 1. The average Bonchev–Trinajstić information content (AvgIpc) is 3.15. The second-order valence-corrected chi connectivity index (χ2v) is 7.52. The zero-order valence-corrected chi connectivity index (χ0v) is 15.8. The number of nitrogens with zero attached hydrogens (tertiary/aromatic N) is 2. The molecule has 1 unspecified atom stereocenters. The van der Waals surface area contributed by atoms with E-state index < -0.39 is 0 Å². The maximum absolute atomic E-state index is 13.6. The third kappa shape index (κ3) is 4.71. The molecule has 6 heteroatoms. The fourth-order valence-electron chi connectivity index (χ4n) is 3.34. The van der Waals surface area contributed by atoms with Gasteiger partial charge in [0.25, 0.3) is 0 Å². The van der Waals surface area contributed by atoms with Crippen LogP contribution in [0.15, 0.2) is 60.0 Å². The van der Waals surface area contributed by atoms with E-state index in [4.69, 9.17) is 9.72 Å². The predicted octanol–water partition coefficient (Wildman–Crippen LogP) is 4.01. The van der Waals surface area contributed by atoms with Gasteiger partial charge in [-0.25, -0.2) is 9.37 Å². The molecule has 0 radical (unpaired) electrons. The fourth-order valence-corrected chi connectivity index (χ4v) is 4.03. The summed E-state index contributed by atoms with van der Waals surface area (Å²) < 4.78 is 19.4. The van der Waals surface area contributed by atoms with Gasteiger partial charge in [0.2, 0.25) is 0 Å².